The van der Waals surface area contributed by atoms with E-state index in [1.807, 2.05) is 0 Å². The summed E-state index contributed by atoms with van der Waals surface area (Å²) in [7, 11) is 0. The first-order chi connectivity index (χ1) is 55.4. The maximum absolute atomic E-state index is 2.53. The van der Waals surface area contributed by atoms with E-state index in [9.17, 15) is 0 Å². The summed E-state index contributed by atoms with van der Waals surface area (Å²) in [5.41, 5.74) is 25.3. The largest absolute Gasteiger partial charge is 0.0622 e. The molecule has 0 N–H and O–H groups in total. The van der Waals surface area contributed by atoms with Crippen molar-refractivity contribution in [2.75, 3.05) is 0 Å². The lowest BCUT2D eigenvalue weighted by Gasteiger charge is -2.81. The molecule has 0 nitrogen and oxygen atoms in total. The van der Waals surface area contributed by atoms with Crippen LogP contribution in [0, 0.1) is 96.7 Å². The molecule has 0 heterocycles. The molecule has 4 atom stereocenters. The van der Waals surface area contributed by atoms with Gasteiger partial charge in [-0.05, 0) is 382 Å². The van der Waals surface area contributed by atoms with Gasteiger partial charge in [-0.25, -0.2) is 0 Å². The number of hydrogen-bond donors (Lipinski definition) is 0. The first-order valence-electron chi connectivity index (χ1n) is 46.0. The number of hydrogen-bond acceptors (Lipinski definition) is 0. The predicted molar refractivity (Wildman–Crippen MR) is 469 cm³/mol. The van der Waals surface area contributed by atoms with Gasteiger partial charge in [-0.2, -0.15) is 0 Å². The van der Waals surface area contributed by atoms with E-state index in [4.69, 9.17) is 0 Å². The summed E-state index contributed by atoms with van der Waals surface area (Å²) >= 11 is 0. The molecule has 20 aliphatic carbocycles. The van der Waals surface area contributed by atoms with Crippen molar-refractivity contribution in [3.05, 3.63) is 357 Å². The molecule has 10 aromatic carbocycles. The van der Waals surface area contributed by atoms with Crippen LogP contribution in [0.3, 0.4) is 0 Å². The van der Waals surface area contributed by atoms with Crippen LogP contribution in [0.25, 0.3) is 0 Å². The maximum atomic E-state index is 2.53. The summed E-state index contributed by atoms with van der Waals surface area (Å²) in [4.78, 5) is 0. The van der Waals surface area contributed by atoms with E-state index in [1.54, 1.807) is 94.2 Å². The van der Waals surface area contributed by atoms with Crippen molar-refractivity contribution < 1.29 is 0 Å². The lowest BCUT2D eigenvalue weighted by Crippen LogP contribution is -2.75. The number of benzene rings is 10. The standard InChI is InChI=1S/C56H54.C34H42.C24H28/c1-7-19-43(20-8-1)49-31-50(44-21-9-2-10-22-44)33-51(32-49,45-23-11-3-12-24-45)39-55(37-49,38-50)56-40-52(46-25-13-4-14-26-46)34-53(41-56,47-27-15-5-16-28-47)36-54(35-52,42-56)48-29-17-6-18-30-48;1-23-3-7-29(8-4-23)31-13-25-11-26(14-31)18-33(17-25,21-31)34-19-27-12-28(20-34)16-32(15-27,22-34)30-9-5-24(2)6-10-30;1-16-3-7-20(8-4-16)24(21-9-5-17(2)6-10-21)22-12-18-11-19(14-22)15-23(24)13-18/h1-30H,31-42H2;3-10,25-28H,11-22H2,1-2H3;3-10,18-19,22-23H,11-15H2,1-2H3. The molecule has 0 spiro atoms. The van der Waals surface area contributed by atoms with Gasteiger partial charge in [-0.3, -0.25) is 0 Å². The Hall–Kier alpha value is -7.80. The van der Waals surface area contributed by atoms with Crippen LogP contribution < -0.4 is 0 Å². The quantitative estimate of drug-likeness (QED) is 0.114. The van der Waals surface area contributed by atoms with Crippen LogP contribution in [-0.4, -0.2) is 0 Å². The molecule has 20 saturated carbocycles. The summed E-state index contributed by atoms with van der Waals surface area (Å²) in [6.45, 7) is 8.92. The summed E-state index contributed by atoms with van der Waals surface area (Å²) in [5.74, 6) is 7.68. The third-order valence-electron chi connectivity index (χ3n) is 37.6. The van der Waals surface area contributed by atoms with Crippen LogP contribution in [-0.2, 0) is 48.7 Å². The molecule has 20 aliphatic rings. The van der Waals surface area contributed by atoms with Gasteiger partial charge in [0.1, 0.15) is 0 Å². The Balaban J connectivity index is 0.000000112. The van der Waals surface area contributed by atoms with Crippen LogP contribution in [0.2, 0.25) is 0 Å². The normalized spacial score (nSPS) is 40.3. The topological polar surface area (TPSA) is 0 Å². The van der Waals surface area contributed by atoms with Gasteiger partial charge in [0.05, 0.1) is 0 Å². The highest BCUT2D eigenvalue weighted by molar-refractivity contribution is 5.53. The van der Waals surface area contributed by atoms with Crippen molar-refractivity contribution in [1.29, 1.82) is 0 Å². The second-order valence-electron chi connectivity index (χ2n) is 44.2. The monoisotopic (exact) mass is 1490 g/mol. The fraction of sp³-hybridized carbons (Fsp3) is 0.474. The minimum Gasteiger partial charge on any atom is -0.0622 e. The second kappa shape index (κ2) is 25.6. The second-order valence-corrected chi connectivity index (χ2v) is 44.2. The summed E-state index contributed by atoms with van der Waals surface area (Å²) < 4.78 is 0. The van der Waals surface area contributed by atoms with Crippen LogP contribution in [0.15, 0.2) is 279 Å². The van der Waals surface area contributed by atoms with Gasteiger partial charge >= 0.3 is 0 Å². The highest BCUT2D eigenvalue weighted by Gasteiger charge is 2.80. The molecule has 0 radical (unpaired) electrons. The van der Waals surface area contributed by atoms with E-state index < -0.39 is 0 Å². The molecule has 20 bridgehead atoms. The highest BCUT2D eigenvalue weighted by atomic mass is 14.8. The van der Waals surface area contributed by atoms with Crippen molar-refractivity contribution in [3.63, 3.8) is 0 Å². The average molecular weight is 1490 g/mol. The Kier molecular flexibility index (Phi) is 16.1. The highest BCUT2D eigenvalue weighted by Crippen LogP contribution is 2.87. The van der Waals surface area contributed by atoms with Crippen LogP contribution >= 0.6 is 0 Å². The minimum atomic E-state index is 0.116. The molecule has 10 aromatic rings. The van der Waals surface area contributed by atoms with E-state index >= 15 is 0 Å². The molecule has 0 saturated heterocycles. The molecule has 114 heavy (non-hydrogen) atoms. The third kappa shape index (κ3) is 10.7. The lowest BCUT2D eigenvalue weighted by molar-refractivity contribution is -0.236. The van der Waals surface area contributed by atoms with E-state index in [-0.39, 0.29) is 48.7 Å². The molecule has 0 aliphatic heterocycles. The van der Waals surface area contributed by atoms with Gasteiger partial charge in [0, 0.05) is 5.41 Å². The van der Waals surface area contributed by atoms with E-state index in [0.29, 0.717) is 21.7 Å². The fourth-order valence-corrected chi connectivity index (χ4v) is 35.9. The summed E-state index contributed by atoms with van der Waals surface area (Å²) in [6.07, 6.45) is 41.1. The van der Waals surface area contributed by atoms with Crippen LogP contribution in [0.5, 0.6) is 0 Å². The van der Waals surface area contributed by atoms with E-state index in [2.05, 4.69) is 307 Å². The van der Waals surface area contributed by atoms with Crippen molar-refractivity contribution in [2.24, 2.45) is 69.0 Å². The van der Waals surface area contributed by atoms with Crippen molar-refractivity contribution in [2.45, 2.75) is 263 Å². The molecule has 20 fully saturated rings. The Morgan fingerprint density at radius 2 is 0.360 bits per heavy atom. The Labute approximate surface area is 684 Å². The smallest absolute Gasteiger partial charge is 0.0259 e. The van der Waals surface area contributed by atoms with E-state index in [0.717, 1.165) is 47.3 Å². The van der Waals surface area contributed by atoms with Crippen molar-refractivity contribution >= 4 is 0 Å². The van der Waals surface area contributed by atoms with Crippen molar-refractivity contribution in [3.8, 4) is 0 Å². The number of rotatable bonds is 12. The molecule has 0 amide bonds. The Morgan fingerprint density at radius 3 is 0.588 bits per heavy atom. The molecule has 0 aromatic heterocycles. The summed E-state index contributed by atoms with van der Waals surface area (Å²) in [5, 5.41) is 0. The van der Waals surface area contributed by atoms with Crippen LogP contribution in [0.1, 0.15) is 264 Å². The molecule has 30 rings (SSSR count). The first-order valence-corrected chi connectivity index (χ1v) is 46.0. The molecule has 0 heteroatoms. The fourth-order valence-electron chi connectivity index (χ4n) is 35.9. The lowest BCUT2D eigenvalue weighted by atomic mass is 9.23. The maximum Gasteiger partial charge on any atom is 0.0259 e. The first kappa shape index (κ1) is 71.5. The van der Waals surface area contributed by atoms with Gasteiger partial charge in [-0.1, -0.05) is 301 Å². The molecule has 580 valence electrons. The summed E-state index contributed by atoms with van der Waals surface area (Å²) in [6, 6.07) is 111. The third-order valence-corrected chi connectivity index (χ3v) is 37.6. The Morgan fingerprint density at radius 1 is 0.167 bits per heavy atom. The van der Waals surface area contributed by atoms with Gasteiger partial charge in [0.15, 0.2) is 0 Å². The predicted octanol–water partition coefficient (Wildman–Crippen LogP) is 28.1. The zero-order chi connectivity index (χ0) is 76.2. The molecular formula is C114H124. The SMILES string of the molecule is Cc1ccc(C2(c3ccc(C)cc3)C3CC4CC(C3)CC2C4)cc1.Cc1ccc(C23CC4CC(C2)CC(C25CC6CC(CC(c7ccc(C)cc7)(C6)C2)C5)(C4)C3)cc1.c1ccc(C23CC4(c5ccccc5)CC(c5ccccc5)(C2)CC(C25CC6(c7ccccc7)CC(c7ccccc7)(CC(c7ccccc7)(C6)C2)C5)(C3)C4)cc1. The average Bonchev–Trinajstić information content (AvgIpc) is 0.640. The van der Waals surface area contributed by atoms with Gasteiger partial charge in [0.2, 0.25) is 0 Å². The molecule has 4 unspecified atom stereocenters. The van der Waals surface area contributed by atoms with E-state index in [1.165, 1.54) is 170 Å². The van der Waals surface area contributed by atoms with Crippen LogP contribution in [0.4, 0.5) is 0 Å². The van der Waals surface area contributed by atoms with Gasteiger partial charge in [-0.15, -0.1) is 0 Å². The minimum absolute atomic E-state index is 0.116. The zero-order valence-corrected chi connectivity index (χ0v) is 69.2. The van der Waals surface area contributed by atoms with Crippen molar-refractivity contribution in [1.82, 2.24) is 0 Å². The van der Waals surface area contributed by atoms with Gasteiger partial charge < -0.3 is 0 Å². The number of aryl methyl sites for hydroxylation is 4. The van der Waals surface area contributed by atoms with Gasteiger partial charge in [0.25, 0.3) is 0 Å². The Bertz CT molecular complexity index is 4550. The zero-order valence-electron chi connectivity index (χ0n) is 69.2. The molecular weight excluding hydrogens is 1370 g/mol.